The fraction of sp³-hybridized carbons (Fsp3) is 0.143. The first-order chi connectivity index (χ1) is 9.38. The van der Waals surface area contributed by atoms with Gasteiger partial charge in [0.25, 0.3) is 0 Å². The van der Waals surface area contributed by atoms with Crippen LogP contribution in [0.5, 0.6) is 0 Å². The van der Waals surface area contributed by atoms with Gasteiger partial charge in [-0.3, -0.25) is 4.98 Å². The van der Waals surface area contributed by atoms with Crippen LogP contribution in [-0.4, -0.2) is 16.5 Å². The van der Waals surface area contributed by atoms with Gasteiger partial charge in [-0.1, -0.05) is 0 Å². The van der Waals surface area contributed by atoms with Crippen LogP contribution < -0.4 is 5.73 Å². The monoisotopic (exact) mass is 271 g/mol. The maximum atomic E-state index is 5.67. The number of hydrogen-bond donors (Lipinski definition) is 1. The SMILES string of the molecule is NCCc1sc(-c2cccnc2)nc1-c1ccco1. The average Bonchev–Trinajstić information content (AvgIpc) is 3.09. The van der Waals surface area contributed by atoms with Gasteiger partial charge in [0.15, 0.2) is 5.76 Å². The molecule has 0 aromatic carbocycles. The van der Waals surface area contributed by atoms with Crippen LogP contribution in [0, 0.1) is 0 Å². The van der Waals surface area contributed by atoms with E-state index in [1.165, 1.54) is 0 Å². The topological polar surface area (TPSA) is 64.9 Å². The van der Waals surface area contributed by atoms with Crippen molar-refractivity contribution in [1.29, 1.82) is 0 Å². The first-order valence-electron chi connectivity index (χ1n) is 6.02. The molecule has 3 rings (SSSR count). The van der Waals surface area contributed by atoms with Crippen LogP contribution in [0.3, 0.4) is 0 Å². The molecule has 0 aliphatic rings. The molecule has 0 aliphatic heterocycles. The summed E-state index contributed by atoms with van der Waals surface area (Å²) in [6, 6.07) is 7.70. The number of rotatable bonds is 4. The molecular formula is C14H13N3OS. The van der Waals surface area contributed by atoms with E-state index in [-0.39, 0.29) is 0 Å². The third-order valence-corrected chi connectivity index (χ3v) is 3.90. The van der Waals surface area contributed by atoms with Gasteiger partial charge in [0, 0.05) is 22.8 Å². The Kier molecular flexibility index (Phi) is 3.39. The van der Waals surface area contributed by atoms with E-state index in [9.17, 15) is 0 Å². The van der Waals surface area contributed by atoms with Gasteiger partial charge in [0.05, 0.1) is 6.26 Å². The number of furan rings is 1. The van der Waals surface area contributed by atoms with Crippen molar-refractivity contribution in [2.24, 2.45) is 5.73 Å². The number of thiazole rings is 1. The molecule has 0 radical (unpaired) electrons. The van der Waals surface area contributed by atoms with Crippen LogP contribution in [0.2, 0.25) is 0 Å². The van der Waals surface area contributed by atoms with Crippen molar-refractivity contribution in [2.75, 3.05) is 6.54 Å². The van der Waals surface area contributed by atoms with E-state index in [1.807, 2.05) is 30.5 Å². The number of nitrogens with two attached hydrogens (primary N) is 1. The third-order valence-electron chi connectivity index (χ3n) is 2.73. The minimum atomic E-state index is 0.600. The van der Waals surface area contributed by atoms with Crippen molar-refractivity contribution in [2.45, 2.75) is 6.42 Å². The molecule has 0 fully saturated rings. The van der Waals surface area contributed by atoms with Crippen molar-refractivity contribution >= 4 is 11.3 Å². The molecule has 0 spiro atoms. The number of aromatic nitrogens is 2. The van der Waals surface area contributed by atoms with E-state index in [4.69, 9.17) is 10.2 Å². The summed E-state index contributed by atoms with van der Waals surface area (Å²) < 4.78 is 5.44. The molecule has 2 N–H and O–H groups in total. The Hall–Kier alpha value is -1.98. The molecule has 0 unspecified atom stereocenters. The van der Waals surface area contributed by atoms with Gasteiger partial charge in [0.1, 0.15) is 10.7 Å². The predicted molar refractivity (Wildman–Crippen MR) is 75.8 cm³/mol. The zero-order valence-electron chi connectivity index (χ0n) is 10.2. The van der Waals surface area contributed by atoms with Crippen molar-refractivity contribution in [3.8, 4) is 22.0 Å². The molecule has 0 saturated heterocycles. The molecule has 0 bridgehead atoms. The molecule has 0 atom stereocenters. The second-order valence-electron chi connectivity index (χ2n) is 4.05. The number of nitrogens with zero attached hydrogens (tertiary/aromatic N) is 2. The van der Waals surface area contributed by atoms with Gasteiger partial charge in [0.2, 0.25) is 0 Å². The van der Waals surface area contributed by atoms with E-state index in [0.29, 0.717) is 6.54 Å². The third kappa shape index (κ3) is 2.43. The summed E-state index contributed by atoms with van der Waals surface area (Å²) in [5.74, 6) is 0.787. The van der Waals surface area contributed by atoms with Gasteiger partial charge < -0.3 is 10.2 Å². The molecule has 3 aromatic heterocycles. The Labute approximate surface area is 114 Å². The molecule has 4 nitrogen and oxygen atoms in total. The summed E-state index contributed by atoms with van der Waals surface area (Å²) in [6.45, 7) is 0.600. The zero-order chi connectivity index (χ0) is 13.1. The lowest BCUT2D eigenvalue weighted by Gasteiger charge is -1.95. The van der Waals surface area contributed by atoms with E-state index in [2.05, 4.69) is 9.97 Å². The van der Waals surface area contributed by atoms with E-state index in [0.717, 1.165) is 33.3 Å². The summed E-state index contributed by atoms with van der Waals surface area (Å²) in [6.07, 6.45) is 6.03. The highest BCUT2D eigenvalue weighted by molar-refractivity contribution is 7.15. The summed E-state index contributed by atoms with van der Waals surface area (Å²) >= 11 is 1.64. The van der Waals surface area contributed by atoms with Gasteiger partial charge in [-0.2, -0.15) is 0 Å². The quantitative estimate of drug-likeness (QED) is 0.792. The molecule has 3 heterocycles. The van der Waals surface area contributed by atoms with Crippen LogP contribution in [0.15, 0.2) is 47.3 Å². The van der Waals surface area contributed by atoms with Crippen molar-refractivity contribution in [3.05, 3.63) is 47.8 Å². The highest BCUT2D eigenvalue weighted by Crippen LogP contribution is 2.33. The normalized spacial score (nSPS) is 10.8. The molecule has 96 valence electrons. The fourth-order valence-corrected chi connectivity index (χ4v) is 2.94. The van der Waals surface area contributed by atoms with Crippen LogP contribution in [0.25, 0.3) is 22.0 Å². The first kappa shape index (κ1) is 12.1. The van der Waals surface area contributed by atoms with Crippen molar-refractivity contribution in [3.63, 3.8) is 0 Å². The van der Waals surface area contributed by atoms with Crippen LogP contribution in [0.4, 0.5) is 0 Å². The number of pyridine rings is 1. The second-order valence-corrected chi connectivity index (χ2v) is 5.13. The maximum absolute atomic E-state index is 5.67. The zero-order valence-corrected chi connectivity index (χ0v) is 11.1. The number of hydrogen-bond acceptors (Lipinski definition) is 5. The van der Waals surface area contributed by atoms with Gasteiger partial charge >= 0.3 is 0 Å². The summed E-state index contributed by atoms with van der Waals surface area (Å²) in [5, 5.41) is 0.947. The highest BCUT2D eigenvalue weighted by Gasteiger charge is 2.15. The summed E-state index contributed by atoms with van der Waals surface area (Å²) in [7, 11) is 0. The largest absolute Gasteiger partial charge is 0.463 e. The lowest BCUT2D eigenvalue weighted by Crippen LogP contribution is -2.01. The van der Waals surface area contributed by atoms with Crippen LogP contribution in [0.1, 0.15) is 4.88 Å². The predicted octanol–water partition coefficient (Wildman–Crippen LogP) is 2.97. The van der Waals surface area contributed by atoms with Crippen LogP contribution >= 0.6 is 11.3 Å². The van der Waals surface area contributed by atoms with Gasteiger partial charge in [-0.15, -0.1) is 11.3 Å². The molecule has 0 saturated carbocycles. The summed E-state index contributed by atoms with van der Waals surface area (Å²) in [4.78, 5) is 9.95. The lowest BCUT2D eigenvalue weighted by atomic mass is 10.2. The molecule has 0 amide bonds. The Bertz CT molecular complexity index is 647. The minimum absolute atomic E-state index is 0.600. The molecule has 3 aromatic rings. The molecular weight excluding hydrogens is 258 g/mol. The second kappa shape index (κ2) is 5.34. The van der Waals surface area contributed by atoms with Crippen molar-refractivity contribution in [1.82, 2.24) is 9.97 Å². The van der Waals surface area contributed by atoms with E-state index < -0.39 is 0 Å². The summed E-state index contributed by atoms with van der Waals surface area (Å²) in [5.41, 5.74) is 7.57. The smallest absolute Gasteiger partial charge is 0.153 e. The van der Waals surface area contributed by atoms with E-state index in [1.54, 1.807) is 23.8 Å². The van der Waals surface area contributed by atoms with Gasteiger partial charge in [-0.05, 0) is 37.2 Å². The average molecular weight is 271 g/mol. The Morgan fingerprint density at radius 1 is 1.26 bits per heavy atom. The van der Waals surface area contributed by atoms with Crippen LogP contribution in [-0.2, 0) is 6.42 Å². The Morgan fingerprint density at radius 2 is 2.21 bits per heavy atom. The van der Waals surface area contributed by atoms with E-state index >= 15 is 0 Å². The Balaban J connectivity index is 2.07. The van der Waals surface area contributed by atoms with Crippen molar-refractivity contribution < 1.29 is 4.42 Å². The van der Waals surface area contributed by atoms with Gasteiger partial charge in [-0.25, -0.2) is 4.98 Å². The minimum Gasteiger partial charge on any atom is -0.463 e. The highest BCUT2D eigenvalue weighted by atomic mass is 32.1. The first-order valence-corrected chi connectivity index (χ1v) is 6.84. The molecule has 19 heavy (non-hydrogen) atoms. The standard InChI is InChI=1S/C14H13N3OS/c15-6-5-12-13(11-4-2-8-18-11)17-14(19-12)10-3-1-7-16-9-10/h1-4,7-9H,5-6,15H2. The lowest BCUT2D eigenvalue weighted by molar-refractivity contribution is 0.580. The Morgan fingerprint density at radius 3 is 2.89 bits per heavy atom. The fourth-order valence-electron chi connectivity index (χ4n) is 1.87. The maximum Gasteiger partial charge on any atom is 0.153 e. The molecule has 5 heteroatoms. The molecule has 0 aliphatic carbocycles.